The van der Waals surface area contributed by atoms with Gasteiger partial charge in [-0.3, -0.25) is 9.59 Å². The summed E-state index contributed by atoms with van der Waals surface area (Å²) in [5, 5.41) is 3.22. The van der Waals surface area contributed by atoms with Crippen LogP contribution < -0.4 is 24.4 Å². The van der Waals surface area contributed by atoms with Crippen molar-refractivity contribution >= 4 is 34.8 Å². The molecule has 0 saturated carbocycles. The Hall–Kier alpha value is -3.13. The summed E-state index contributed by atoms with van der Waals surface area (Å²) in [4.78, 5) is 29.8. The first-order valence-electron chi connectivity index (χ1n) is 11.0. The fourth-order valence-electron chi connectivity index (χ4n) is 4.22. The molecule has 0 aliphatic carbocycles. The largest absolute Gasteiger partial charge is 0.495 e. The first kappa shape index (κ1) is 23.0. The average Bonchev–Trinajstić information content (AvgIpc) is 2.84. The number of piperidine rings is 1. The van der Waals surface area contributed by atoms with Crippen LogP contribution >= 0.6 is 11.6 Å². The number of hydrogen-bond acceptors (Lipinski definition) is 6. The highest BCUT2D eigenvalue weighted by Crippen LogP contribution is 2.37. The van der Waals surface area contributed by atoms with Gasteiger partial charge in [0.15, 0.2) is 6.10 Å². The molecule has 1 saturated heterocycles. The number of amides is 2. The van der Waals surface area contributed by atoms with Crippen molar-refractivity contribution in [3.63, 3.8) is 0 Å². The number of anilines is 2. The van der Waals surface area contributed by atoms with Crippen LogP contribution in [0.4, 0.5) is 11.4 Å². The molecular weight excluding hydrogens is 446 g/mol. The first-order valence-corrected chi connectivity index (χ1v) is 11.4. The number of benzene rings is 2. The van der Waals surface area contributed by atoms with Crippen molar-refractivity contribution in [1.29, 1.82) is 0 Å². The molecule has 2 aliphatic rings. The highest BCUT2D eigenvalue weighted by Gasteiger charge is 2.34. The molecule has 2 aliphatic heterocycles. The Balaban J connectivity index is 1.51. The van der Waals surface area contributed by atoms with E-state index < -0.39 is 6.10 Å². The van der Waals surface area contributed by atoms with Crippen molar-refractivity contribution in [3.05, 3.63) is 41.4 Å². The third-order valence-electron chi connectivity index (χ3n) is 5.89. The molecule has 176 valence electrons. The summed E-state index contributed by atoms with van der Waals surface area (Å²) >= 11 is 6.23. The van der Waals surface area contributed by atoms with Crippen LogP contribution in [0.5, 0.6) is 17.2 Å². The van der Waals surface area contributed by atoms with Crippen LogP contribution in [0.1, 0.15) is 19.3 Å². The van der Waals surface area contributed by atoms with Gasteiger partial charge in [-0.1, -0.05) is 23.7 Å². The van der Waals surface area contributed by atoms with E-state index in [4.69, 9.17) is 25.8 Å². The van der Waals surface area contributed by atoms with Gasteiger partial charge in [-0.15, -0.1) is 0 Å². The van der Waals surface area contributed by atoms with E-state index in [1.807, 2.05) is 34.1 Å². The Morgan fingerprint density at radius 1 is 1.09 bits per heavy atom. The first-order chi connectivity index (χ1) is 16.0. The molecule has 33 heavy (non-hydrogen) atoms. The molecule has 2 amide bonds. The Morgan fingerprint density at radius 2 is 1.82 bits per heavy atom. The summed E-state index contributed by atoms with van der Waals surface area (Å²) in [5.74, 6) is 1.18. The third-order valence-corrected chi connectivity index (χ3v) is 6.18. The second-order valence-electron chi connectivity index (χ2n) is 8.08. The number of hydrogen-bond donors (Lipinski definition) is 1. The molecule has 0 bridgehead atoms. The minimum absolute atomic E-state index is 0.0294. The number of carbonyl (C=O) groups excluding carboxylic acids is 2. The topological polar surface area (TPSA) is 80.3 Å². The zero-order valence-electron chi connectivity index (χ0n) is 18.8. The second-order valence-corrected chi connectivity index (χ2v) is 8.48. The molecule has 0 radical (unpaired) electrons. The number of para-hydroxylation sites is 2. The van der Waals surface area contributed by atoms with Gasteiger partial charge in [-0.05, 0) is 37.5 Å². The molecule has 4 rings (SSSR count). The lowest BCUT2D eigenvalue weighted by atomic mass is 10.1. The average molecular weight is 474 g/mol. The quantitative estimate of drug-likeness (QED) is 0.690. The minimum Gasteiger partial charge on any atom is -0.495 e. The van der Waals surface area contributed by atoms with Crippen LogP contribution in [-0.2, 0) is 9.59 Å². The number of nitrogens with one attached hydrogen (secondary N) is 1. The molecule has 2 heterocycles. The van der Waals surface area contributed by atoms with E-state index in [1.54, 1.807) is 12.1 Å². The monoisotopic (exact) mass is 473 g/mol. The van der Waals surface area contributed by atoms with E-state index in [2.05, 4.69) is 5.32 Å². The predicted octanol–water partition coefficient (Wildman–Crippen LogP) is 3.58. The highest BCUT2D eigenvalue weighted by atomic mass is 35.5. The number of nitrogens with zero attached hydrogens (tertiary/aromatic N) is 2. The van der Waals surface area contributed by atoms with Crippen molar-refractivity contribution in [1.82, 2.24) is 4.90 Å². The lowest BCUT2D eigenvalue weighted by Crippen LogP contribution is -2.52. The lowest BCUT2D eigenvalue weighted by molar-refractivity contribution is -0.139. The van der Waals surface area contributed by atoms with Crippen LogP contribution in [0.2, 0.25) is 5.02 Å². The molecule has 1 fully saturated rings. The molecule has 0 aromatic heterocycles. The van der Waals surface area contributed by atoms with Crippen LogP contribution in [0.15, 0.2) is 36.4 Å². The van der Waals surface area contributed by atoms with Gasteiger partial charge in [0.25, 0.3) is 5.91 Å². The molecule has 1 atom stereocenters. The van der Waals surface area contributed by atoms with Gasteiger partial charge in [-0.2, -0.15) is 0 Å². The summed E-state index contributed by atoms with van der Waals surface area (Å²) in [5.41, 5.74) is 1.21. The fraction of sp³-hybridized carbons (Fsp3) is 0.417. The molecule has 8 nitrogen and oxygen atoms in total. The standard InChI is InChI=1S/C24H28ClN3O5/c1-31-20-13-21(32-2)17(12-16(20)25)26-23(29)15-28-14-22(24(30)27-10-6-3-7-11-27)33-19-9-5-4-8-18(19)28/h4-5,8-9,12-13,22H,3,6-7,10-11,14-15H2,1-2H3,(H,26,29). The zero-order valence-corrected chi connectivity index (χ0v) is 19.6. The maximum Gasteiger partial charge on any atom is 0.265 e. The molecule has 0 spiro atoms. The minimum atomic E-state index is -0.657. The van der Waals surface area contributed by atoms with E-state index in [1.165, 1.54) is 14.2 Å². The second kappa shape index (κ2) is 10.2. The summed E-state index contributed by atoms with van der Waals surface area (Å²) in [6.07, 6.45) is 2.50. The number of halogens is 1. The van der Waals surface area contributed by atoms with Crippen LogP contribution in [0.3, 0.4) is 0 Å². The SMILES string of the molecule is COc1cc(OC)c(NC(=O)CN2CC(C(=O)N3CCCCC3)Oc3ccccc32)cc1Cl. The van der Waals surface area contributed by atoms with E-state index in [0.29, 0.717) is 34.5 Å². The molecule has 1 unspecified atom stereocenters. The molecular formula is C24H28ClN3O5. The van der Waals surface area contributed by atoms with E-state index in [-0.39, 0.29) is 18.4 Å². The van der Waals surface area contributed by atoms with Crippen molar-refractivity contribution in [2.24, 2.45) is 0 Å². The van der Waals surface area contributed by atoms with Crippen LogP contribution in [-0.4, -0.2) is 63.2 Å². The van der Waals surface area contributed by atoms with E-state index >= 15 is 0 Å². The van der Waals surface area contributed by atoms with E-state index in [9.17, 15) is 9.59 Å². The van der Waals surface area contributed by atoms with Gasteiger partial charge in [0, 0.05) is 19.2 Å². The summed E-state index contributed by atoms with van der Waals surface area (Å²) in [7, 11) is 3.02. The number of likely N-dealkylation sites (tertiary alicyclic amines) is 1. The van der Waals surface area contributed by atoms with Crippen molar-refractivity contribution in [2.45, 2.75) is 25.4 Å². The Bertz CT molecular complexity index is 1030. The molecule has 9 heteroatoms. The lowest BCUT2D eigenvalue weighted by Gasteiger charge is -2.38. The fourth-order valence-corrected chi connectivity index (χ4v) is 4.46. The van der Waals surface area contributed by atoms with Gasteiger partial charge < -0.3 is 29.3 Å². The number of methoxy groups -OCH3 is 2. The number of rotatable bonds is 6. The Kier molecular flexibility index (Phi) is 7.13. The third kappa shape index (κ3) is 5.11. The zero-order chi connectivity index (χ0) is 23.4. The smallest absolute Gasteiger partial charge is 0.265 e. The van der Waals surface area contributed by atoms with E-state index in [0.717, 1.165) is 38.0 Å². The number of fused-ring (bicyclic) bond motifs is 1. The maximum absolute atomic E-state index is 13.1. The number of ether oxygens (including phenoxy) is 3. The van der Waals surface area contributed by atoms with Crippen LogP contribution in [0.25, 0.3) is 0 Å². The summed E-state index contributed by atoms with van der Waals surface area (Å²) in [6.45, 7) is 1.83. The van der Waals surface area contributed by atoms with Crippen molar-refractivity contribution < 1.29 is 23.8 Å². The predicted molar refractivity (Wildman–Crippen MR) is 127 cm³/mol. The van der Waals surface area contributed by atoms with Crippen molar-refractivity contribution in [3.8, 4) is 17.2 Å². The van der Waals surface area contributed by atoms with Gasteiger partial charge in [-0.25, -0.2) is 0 Å². The maximum atomic E-state index is 13.1. The van der Waals surface area contributed by atoms with Gasteiger partial charge in [0.05, 0.1) is 43.7 Å². The number of carbonyl (C=O) groups is 2. The van der Waals surface area contributed by atoms with Crippen molar-refractivity contribution in [2.75, 3.05) is 50.6 Å². The molecule has 2 aromatic rings. The molecule has 2 aromatic carbocycles. The summed E-state index contributed by atoms with van der Waals surface area (Å²) < 4.78 is 16.6. The van der Waals surface area contributed by atoms with Gasteiger partial charge in [0.2, 0.25) is 5.91 Å². The Morgan fingerprint density at radius 3 is 2.55 bits per heavy atom. The summed E-state index contributed by atoms with van der Waals surface area (Å²) in [6, 6.07) is 10.7. The Labute approximate surface area is 198 Å². The highest BCUT2D eigenvalue weighted by molar-refractivity contribution is 6.32. The molecule has 1 N–H and O–H groups in total. The van der Waals surface area contributed by atoms with Gasteiger partial charge in [0.1, 0.15) is 17.2 Å². The van der Waals surface area contributed by atoms with Crippen LogP contribution in [0, 0.1) is 0 Å². The van der Waals surface area contributed by atoms with Gasteiger partial charge >= 0.3 is 0 Å². The normalized spacial score (nSPS) is 17.6.